The molecular formula is C18H12FIN2O4S. The van der Waals surface area contributed by atoms with E-state index in [1.165, 1.54) is 43.5 Å². The second kappa shape index (κ2) is 7.61. The minimum atomic E-state index is -0.648. The monoisotopic (exact) mass is 498 g/mol. The lowest BCUT2D eigenvalue weighted by Crippen LogP contribution is -2.54. The van der Waals surface area contributed by atoms with Gasteiger partial charge in [0.05, 0.1) is 16.4 Å². The lowest BCUT2D eigenvalue weighted by molar-refractivity contribution is -0.122. The van der Waals surface area contributed by atoms with Gasteiger partial charge in [0.2, 0.25) is 0 Å². The Morgan fingerprint density at radius 2 is 1.93 bits per heavy atom. The lowest BCUT2D eigenvalue weighted by atomic mass is 10.1. The molecule has 9 heteroatoms. The number of hydrogen-bond donors (Lipinski definition) is 2. The van der Waals surface area contributed by atoms with E-state index in [0.29, 0.717) is 14.8 Å². The van der Waals surface area contributed by atoms with E-state index >= 15 is 0 Å². The average molecular weight is 498 g/mol. The summed E-state index contributed by atoms with van der Waals surface area (Å²) in [6, 6.07) is 8.26. The summed E-state index contributed by atoms with van der Waals surface area (Å²) in [7, 11) is 1.40. The van der Waals surface area contributed by atoms with Crippen molar-refractivity contribution >= 4 is 63.5 Å². The first kappa shape index (κ1) is 19.2. The van der Waals surface area contributed by atoms with Gasteiger partial charge in [-0.25, -0.2) is 4.39 Å². The molecule has 1 aliphatic heterocycles. The molecule has 2 N–H and O–H groups in total. The van der Waals surface area contributed by atoms with Crippen molar-refractivity contribution in [2.45, 2.75) is 0 Å². The Bertz CT molecular complexity index is 992. The highest BCUT2D eigenvalue weighted by Gasteiger charge is 2.34. The number of hydrogen-bond acceptors (Lipinski definition) is 5. The molecule has 2 aromatic rings. The van der Waals surface area contributed by atoms with Crippen LogP contribution in [0.5, 0.6) is 11.5 Å². The molecule has 1 heterocycles. The zero-order valence-electron chi connectivity index (χ0n) is 13.8. The van der Waals surface area contributed by atoms with E-state index < -0.39 is 17.6 Å². The third-order valence-electron chi connectivity index (χ3n) is 3.77. The van der Waals surface area contributed by atoms with E-state index in [0.717, 1.165) is 4.90 Å². The standard InChI is InChI=1S/C18H12FIN2O4S/c1-26-14-8-9(7-13(20)15(14)23)6-12-16(24)21-18(27)22(17(12)25)11-4-2-10(19)3-5-11/h2-8,23H,1H3,(H,21,24,27)/b12-6+. The minimum Gasteiger partial charge on any atom is -0.504 e. The van der Waals surface area contributed by atoms with Crippen molar-refractivity contribution in [2.24, 2.45) is 0 Å². The van der Waals surface area contributed by atoms with Gasteiger partial charge in [-0.3, -0.25) is 19.8 Å². The number of halogens is 2. The second-order valence-corrected chi connectivity index (χ2v) is 7.04. The Morgan fingerprint density at radius 1 is 1.26 bits per heavy atom. The number of ether oxygens (including phenoxy) is 1. The lowest BCUT2D eigenvalue weighted by Gasteiger charge is -2.28. The third-order valence-corrected chi connectivity index (χ3v) is 4.88. The number of thiocarbonyl (C=S) groups is 1. The fraction of sp³-hybridized carbons (Fsp3) is 0.0556. The quantitative estimate of drug-likeness (QED) is 0.295. The van der Waals surface area contributed by atoms with E-state index in [9.17, 15) is 19.1 Å². The van der Waals surface area contributed by atoms with Crippen LogP contribution in [0, 0.1) is 9.39 Å². The van der Waals surface area contributed by atoms with Gasteiger partial charge in [-0.2, -0.15) is 0 Å². The molecular weight excluding hydrogens is 486 g/mol. The van der Waals surface area contributed by atoms with Gasteiger partial charge >= 0.3 is 0 Å². The van der Waals surface area contributed by atoms with Crippen LogP contribution in [0.3, 0.4) is 0 Å². The number of carbonyl (C=O) groups excluding carboxylic acids is 2. The molecule has 3 rings (SSSR count). The number of nitrogens with zero attached hydrogens (tertiary/aromatic N) is 1. The van der Waals surface area contributed by atoms with Crippen molar-refractivity contribution in [3.63, 3.8) is 0 Å². The van der Waals surface area contributed by atoms with Crippen LogP contribution in [-0.4, -0.2) is 29.1 Å². The van der Waals surface area contributed by atoms with Gasteiger partial charge < -0.3 is 9.84 Å². The number of carbonyl (C=O) groups is 2. The number of nitrogens with one attached hydrogen (secondary N) is 1. The smallest absolute Gasteiger partial charge is 0.270 e. The van der Waals surface area contributed by atoms with Gasteiger partial charge in [0.15, 0.2) is 16.6 Å². The van der Waals surface area contributed by atoms with E-state index in [1.807, 2.05) is 22.6 Å². The Labute approximate surface area is 172 Å². The van der Waals surface area contributed by atoms with Crippen molar-refractivity contribution < 1.29 is 23.8 Å². The average Bonchev–Trinajstić information content (AvgIpc) is 2.62. The van der Waals surface area contributed by atoms with Crippen molar-refractivity contribution in [1.29, 1.82) is 0 Å². The normalized spacial score (nSPS) is 15.9. The summed E-state index contributed by atoms with van der Waals surface area (Å²) >= 11 is 7.00. The molecule has 6 nitrogen and oxygen atoms in total. The molecule has 0 unspecified atom stereocenters. The predicted octanol–water partition coefficient (Wildman–Crippen LogP) is 2.98. The molecule has 2 aromatic carbocycles. The number of phenols is 1. The molecule has 0 aromatic heterocycles. The fourth-order valence-electron chi connectivity index (χ4n) is 2.48. The molecule has 0 aliphatic carbocycles. The summed E-state index contributed by atoms with van der Waals surface area (Å²) in [5.74, 6) is -1.57. The van der Waals surface area contributed by atoms with Crippen LogP contribution >= 0.6 is 34.8 Å². The Balaban J connectivity index is 2.04. The number of phenolic OH excluding ortho intramolecular Hbond substituents is 1. The highest BCUT2D eigenvalue weighted by Crippen LogP contribution is 2.33. The van der Waals surface area contributed by atoms with Crippen molar-refractivity contribution in [3.05, 3.63) is 56.9 Å². The van der Waals surface area contributed by atoms with Gasteiger partial charge in [-0.05, 0) is 82.8 Å². The summed E-state index contributed by atoms with van der Waals surface area (Å²) in [4.78, 5) is 26.3. The maximum atomic E-state index is 13.2. The first-order valence-electron chi connectivity index (χ1n) is 7.55. The highest BCUT2D eigenvalue weighted by molar-refractivity contribution is 14.1. The Hall–Kier alpha value is -2.53. The van der Waals surface area contributed by atoms with Crippen LogP contribution in [-0.2, 0) is 9.59 Å². The first-order valence-corrected chi connectivity index (χ1v) is 9.04. The summed E-state index contributed by atoms with van der Waals surface area (Å²) in [5, 5.41) is 12.3. The molecule has 0 saturated carbocycles. The number of aromatic hydroxyl groups is 1. The summed E-state index contributed by atoms with van der Waals surface area (Å²) < 4.78 is 18.8. The summed E-state index contributed by atoms with van der Waals surface area (Å²) in [6.07, 6.45) is 1.38. The third kappa shape index (κ3) is 3.78. The van der Waals surface area contributed by atoms with Gasteiger partial charge in [0, 0.05) is 0 Å². The fourth-order valence-corrected chi connectivity index (χ4v) is 3.39. The molecule has 27 heavy (non-hydrogen) atoms. The zero-order valence-corrected chi connectivity index (χ0v) is 16.8. The molecule has 0 atom stereocenters. The molecule has 0 radical (unpaired) electrons. The van der Waals surface area contributed by atoms with E-state index in [1.54, 1.807) is 6.07 Å². The Kier molecular flexibility index (Phi) is 5.42. The van der Waals surface area contributed by atoms with Gasteiger partial charge in [0.1, 0.15) is 11.4 Å². The first-order chi connectivity index (χ1) is 12.8. The van der Waals surface area contributed by atoms with Gasteiger partial charge in [-0.1, -0.05) is 0 Å². The van der Waals surface area contributed by atoms with Crippen LogP contribution in [0.4, 0.5) is 10.1 Å². The molecule has 138 valence electrons. The van der Waals surface area contributed by atoms with Crippen molar-refractivity contribution in [1.82, 2.24) is 5.32 Å². The minimum absolute atomic E-state index is 0.0335. The summed E-state index contributed by atoms with van der Waals surface area (Å²) in [6.45, 7) is 0. The van der Waals surface area contributed by atoms with E-state index in [-0.39, 0.29) is 22.2 Å². The molecule has 2 amide bonds. The summed E-state index contributed by atoms with van der Waals surface area (Å²) in [5.41, 5.74) is 0.658. The zero-order chi connectivity index (χ0) is 19.7. The van der Waals surface area contributed by atoms with E-state index in [2.05, 4.69) is 5.32 Å². The molecule has 0 bridgehead atoms. The SMILES string of the molecule is COc1cc(/C=C2\C(=O)NC(=S)N(c3ccc(F)cc3)C2=O)cc(I)c1O. The van der Waals surface area contributed by atoms with Crippen LogP contribution in [0.15, 0.2) is 42.0 Å². The van der Waals surface area contributed by atoms with Gasteiger partial charge in [0.25, 0.3) is 11.8 Å². The number of amides is 2. The number of benzene rings is 2. The maximum absolute atomic E-state index is 13.2. The highest BCUT2D eigenvalue weighted by atomic mass is 127. The molecule has 1 saturated heterocycles. The number of methoxy groups -OCH3 is 1. The van der Waals surface area contributed by atoms with Crippen molar-refractivity contribution in [3.8, 4) is 11.5 Å². The molecule has 0 spiro atoms. The topological polar surface area (TPSA) is 78.9 Å². The molecule has 1 fully saturated rings. The maximum Gasteiger partial charge on any atom is 0.270 e. The van der Waals surface area contributed by atoms with Gasteiger partial charge in [-0.15, -0.1) is 0 Å². The largest absolute Gasteiger partial charge is 0.504 e. The van der Waals surface area contributed by atoms with Crippen LogP contribution < -0.4 is 15.0 Å². The van der Waals surface area contributed by atoms with Crippen LogP contribution in [0.2, 0.25) is 0 Å². The van der Waals surface area contributed by atoms with Crippen molar-refractivity contribution in [2.75, 3.05) is 12.0 Å². The van der Waals surface area contributed by atoms with E-state index in [4.69, 9.17) is 17.0 Å². The number of rotatable bonds is 3. The second-order valence-electron chi connectivity index (χ2n) is 5.49. The van der Waals surface area contributed by atoms with Crippen LogP contribution in [0.25, 0.3) is 6.08 Å². The Morgan fingerprint density at radius 3 is 2.56 bits per heavy atom. The molecule has 1 aliphatic rings. The predicted molar refractivity (Wildman–Crippen MR) is 110 cm³/mol. The van der Waals surface area contributed by atoms with Crippen LogP contribution in [0.1, 0.15) is 5.56 Å². The number of anilines is 1.